The minimum Gasteiger partial charge on any atom is -0.465 e. The Bertz CT molecular complexity index is 1770. The molecule has 2 N–H and O–H groups in total. The molecule has 0 radical (unpaired) electrons. The minimum absolute atomic E-state index is 0.0654. The quantitative estimate of drug-likeness (QED) is 0.130. The van der Waals surface area contributed by atoms with Gasteiger partial charge in [-0.1, -0.05) is 154 Å². The SMILES string of the molecule is CCC(C)(CCCC(C)C)c1ccc2c(c1)C1(c3cc(C(C)(CC)CCCC(C)C)ccc3-2)c2ccccc2-c2c(NC(=O)O)cccc21. The summed E-state index contributed by atoms with van der Waals surface area (Å²) in [6, 6.07) is 29.6. The summed E-state index contributed by atoms with van der Waals surface area (Å²) in [6.07, 6.45) is 8.37. The molecule has 6 rings (SSSR count). The Hall–Kier alpha value is -3.85. The standard InChI is InChI=1S/C46H57NO2/c1-9-44(7,26-14-16-30(3)4)32-22-24-34-35-25-23-33(45(8,10-2)27-15-17-31(5)6)29-40(35)46(39(34)28-32)37-19-12-11-18-36(37)42-38(46)20-13-21-41(42)47-43(48)49/h11-13,18-25,28-31,47H,9-10,14-17,26-27H2,1-8H3,(H,48,49). The molecule has 4 aromatic rings. The van der Waals surface area contributed by atoms with Gasteiger partial charge < -0.3 is 5.11 Å². The van der Waals surface area contributed by atoms with Gasteiger partial charge in [0.15, 0.2) is 0 Å². The Balaban J connectivity index is 1.63. The van der Waals surface area contributed by atoms with Crippen LogP contribution in [0.15, 0.2) is 78.9 Å². The van der Waals surface area contributed by atoms with E-state index in [1.54, 1.807) is 0 Å². The van der Waals surface area contributed by atoms with Crippen molar-refractivity contribution in [3.8, 4) is 22.3 Å². The Morgan fingerprint density at radius 1 is 0.673 bits per heavy atom. The lowest BCUT2D eigenvalue weighted by atomic mass is 9.67. The number of carboxylic acid groups (broad SMARTS) is 1. The predicted octanol–water partition coefficient (Wildman–Crippen LogP) is 13.1. The van der Waals surface area contributed by atoms with Crippen molar-refractivity contribution < 1.29 is 9.90 Å². The van der Waals surface area contributed by atoms with Crippen molar-refractivity contribution in [1.82, 2.24) is 0 Å². The molecule has 3 heteroatoms. The fourth-order valence-corrected chi connectivity index (χ4v) is 9.05. The van der Waals surface area contributed by atoms with E-state index in [1.165, 1.54) is 70.2 Å². The molecule has 49 heavy (non-hydrogen) atoms. The van der Waals surface area contributed by atoms with Gasteiger partial charge in [0.25, 0.3) is 0 Å². The molecule has 2 atom stereocenters. The Morgan fingerprint density at radius 2 is 1.18 bits per heavy atom. The molecule has 0 fully saturated rings. The lowest BCUT2D eigenvalue weighted by Crippen LogP contribution is -2.28. The molecule has 0 heterocycles. The molecule has 0 saturated carbocycles. The van der Waals surface area contributed by atoms with Gasteiger partial charge in [-0.15, -0.1) is 0 Å². The van der Waals surface area contributed by atoms with E-state index in [2.05, 4.69) is 127 Å². The van der Waals surface area contributed by atoms with E-state index in [1.807, 2.05) is 12.1 Å². The van der Waals surface area contributed by atoms with Crippen molar-refractivity contribution in [1.29, 1.82) is 0 Å². The van der Waals surface area contributed by atoms with Crippen LogP contribution in [0.1, 0.15) is 140 Å². The number of anilines is 1. The van der Waals surface area contributed by atoms with E-state index in [0.29, 0.717) is 17.5 Å². The van der Waals surface area contributed by atoms with Gasteiger partial charge in [0.05, 0.1) is 11.1 Å². The number of carbonyl (C=O) groups is 1. The van der Waals surface area contributed by atoms with Crippen LogP contribution in [0.25, 0.3) is 22.3 Å². The zero-order valence-corrected chi connectivity index (χ0v) is 31.2. The highest BCUT2D eigenvalue weighted by molar-refractivity contribution is 6.01. The van der Waals surface area contributed by atoms with Crippen molar-refractivity contribution in [2.75, 3.05) is 5.32 Å². The van der Waals surface area contributed by atoms with Crippen molar-refractivity contribution in [3.05, 3.63) is 112 Å². The molecule has 0 saturated heterocycles. The van der Waals surface area contributed by atoms with Gasteiger partial charge in [-0.05, 0) is 104 Å². The first kappa shape index (κ1) is 35.0. The van der Waals surface area contributed by atoms with Crippen LogP contribution in [0.2, 0.25) is 0 Å². The summed E-state index contributed by atoms with van der Waals surface area (Å²) in [4.78, 5) is 12.1. The van der Waals surface area contributed by atoms with E-state index in [-0.39, 0.29) is 10.8 Å². The first-order chi connectivity index (χ1) is 23.4. The first-order valence-corrected chi connectivity index (χ1v) is 18.9. The average Bonchev–Trinajstić information content (AvgIpc) is 3.54. The number of rotatable bonds is 13. The van der Waals surface area contributed by atoms with Crippen LogP contribution in [0.5, 0.6) is 0 Å². The number of hydrogen-bond donors (Lipinski definition) is 2. The van der Waals surface area contributed by atoms with Crippen LogP contribution in [0.4, 0.5) is 10.5 Å². The monoisotopic (exact) mass is 655 g/mol. The number of fused-ring (bicyclic) bond motifs is 10. The second kappa shape index (κ2) is 13.5. The number of benzene rings is 4. The Labute approximate surface area is 295 Å². The molecule has 2 unspecified atom stereocenters. The van der Waals surface area contributed by atoms with Crippen LogP contribution in [-0.4, -0.2) is 11.2 Å². The molecule has 258 valence electrons. The van der Waals surface area contributed by atoms with Crippen molar-refractivity contribution in [2.45, 2.75) is 123 Å². The zero-order valence-electron chi connectivity index (χ0n) is 31.2. The molecule has 2 aliphatic carbocycles. The average molecular weight is 656 g/mol. The highest BCUT2D eigenvalue weighted by atomic mass is 16.4. The maximum Gasteiger partial charge on any atom is 0.409 e. The fourth-order valence-electron chi connectivity index (χ4n) is 9.05. The second-order valence-corrected chi connectivity index (χ2v) is 16.4. The predicted molar refractivity (Wildman–Crippen MR) is 207 cm³/mol. The van der Waals surface area contributed by atoms with E-state index in [4.69, 9.17) is 0 Å². The highest BCUT2D eigenvalue weighted by Gasteiger charge is 2.53. The number of hydrogen-bond acceptors (Lipinski definition) is 1. The van der Waals surface area contributed by atoms with Gasteiger partial charge in [0, 0.05) is 5.56 Å². The maximum absolute atomic E-state index is 12.1. The lowest BCUT2D eigenvalue weighted by Gasteiger charge is -2.35. The number of amides is 1. The van der Waals surface area contributed by atoms with Gasteiger partial charge in [0.2, 0.25) is 0 Å². The van der Waals surface area contributed by atoms with E-state index < -0.39 is 11.5 Å². The maximum atomic E-state index is 12.1. The van der Waals surface area contributed by atoms with Crippen LogP contribution < -0.4 is 5.32 Å². The summed E-state index contributed by atoms with van der Waals surface area (Å²) in [5, 5.41) is 12.7. The second-order valence-electron chi connectivity index (χ2n) is 16.4. The third kappa shape index (κ3) is 5.92. The van der Waals surface area contributed by atoms with Crippen LogP contribution in [0, 0.1) is 11.8 Å². The molecule has 1 spiro atoms. The molecule has 1 amide bonds. The van der Waals surface area contributed by atoms with Crippen molar-refractivity contribution >= 4 is 11.8 Å². The van der Waals surface area contributed by atoms with Gasteiger partial charge in [-0.3, -0.25) is 5.32 Å². The van der Waals surface area contributed by atoms with E-state index >= 15 is 0 Å². The summed E-state index contributed by atoms with van der Waals surface area (Å²) in [5.74, 6) is 1.40. The summed E-state index contributed by atoms with van der Waals surface area (Å²) < 4.78 is 0. The minimum atomic E-state index is -1.04. The number of nitrogens with one attached hydrogen (secondary N) is 1. The van der Waals surface area contributed by atoms with Gasteiger partial charge in [0.1, 0.15) is 0 Å². The van der Waals surface area contributed by atoms with Gasteiger partial charge in [-0.2, -0.15) is 0 Å². The third-order valence-corrected chi connectivity index (χ3v) is 12.4. The van der Waals surface area contributed by atoms with E-state index in [0.717, 1.165) is 36.8 Å². The summed E-state index contributed by atoms with van der Waals surface area (Å²) in [5.41, 5.74) is 12.8. The normalized spacial score (nSPS) is 18.2. The molecule has 0 aromatic heterocycles. The molecule has 2 aliphatic rings. The summed E-state index contributed by atoms with van der Waals surface area (Å²) >= 11 is 0. The molecular weight excluding hydrogens is 599 g/mol. The van der Waals surface area contributed by atoms with Crippen LogP contribution >= 0.6 is 0 Å². The molecule has 0 bridgehead atoms. The fraction of sp³-hybridized carbons (Fsp3) is 0.457. The molecule has 0 aliphatic heterocycles. The molecule has 3 nitrogen and oxygen atoms in total. The topological polar surface area (TPSA) is 49.3 Å². The Kier molecular flexibility index (Phi) is 9.61. The summed E-state index contributed by atoms with van der Waals surface area (Å²) in [6.45, 7) is 18.9. The smallest absolute Gasteiger partial charge is 0.409 e. The zero-order chi connectivity index (χ0) is 35.1. The highest BCUT2D eigenvalue weighted by Crippen LogP contribution is 2.64. The van der Waals surface area contributed by atoms with Gasteiger partial charge >= 0.3 is 6.09 Å². The van der Waals surface area contributed by atoms with Crippen molar-refractivity contribution in [3.63, 3.8) is 0 Å². The largest absolute Gasteiger partial charge is 0.465 e. The summed E-state index contributed by atoms with van der Waals surface area (Å²) in [7, 11) is 0. The molecular formula is C46H57NO2. The van der Waals surface area contributed by atoms with Gasteiger partial charge in [-0.25, -0.2) is 4.79 Å². The molecule has 4 aromatic carbocycles. The van der Waals surface area contributed by atoms with Crippen LogP contribution in [-0.2, 0) is 16.2 Å². The van der Waals surface area contributed by atoms with Crippen LogP contribution in [0.3, 0.4) is 0 Å². The lowest BCUT2D eigenvalue weighted by molar-refractivity contribution is 0.210. The Morgan fingerprint density at radius 3 is 1.67 bits per heavy atom. The third-order valence-electron chi connectivity index (χ3n) is 12.4. The first-order valence-electron chi connectivity index (χ1n) is 18.9. The van der Waals surface area contributed by atoms with Crippen molar-refractivity contribution in [2.24, 2.45) is 11.8 Å². The van der Waals surface area contributed by atoms with E-state index in [9.17, 15) is 9.90 Å².